The number of carbonyl (C=O) groups excluding carboxylic acids is 3. The van der Waals surface area contributed by atoms with Crippen molar-refractivity contribution in [3.8, 4) is 11.5 Å². The number of aromatic hydroxyl groups is 2. The molecule has 0 fully saturated rings. The number of rotatable bonds is 15. The lowest BCUT2D eigenvalue weighted by molar-refractivity contribution is -0.143. The number of nitrogens with two attached hydrogens (primary N) is 1. The van der Waals surface area contributed by atoms with Crippen LogP contribution in [-0.2, 0) is 32.0 Å². The van der Waals surface area contributed by atoms with Crippen LogP contribution in [0.4, 0.5) is 0 Å². The fourth-order valence-corrected chi connectivity index (χ4v) is 4.35. The lowest BCUT2D eigenvalue weighted by Crippen LogP contribution is -2.58. The molecule has 0 aliphatic carbocycles. The monoisotopic (exact) mass is 574 g/mol. The first-order valence-electron chi connectivity index (χ1n) is 12.9. The van der Waals surface area contributed by atoms with Crippen LogP contribution in [-0.4, -0.2) is 75.2 Å². The number of nitrogens with one attached hydrogen (secondary N) is 3. The zero-order valence-corrected chi connectivity index (χ0v) is 23.6. The van der Waals surface area contributed by atoms with Crippen LogP contribution in [0.3, 0.4) is 0 Å². The maximum Gasteiger partial charge on any atom is 0.326 e. The van der Waals surface area contributed by atoms with Crippen LogP contribution < -0.4 is 21.7 Å². The highest BCUT2D eigenvalue weighted by molar-refractivity contribution is 7.98. The summed E-state index contributed by atoms with van der Waals surface area (Å²) in [5.41, 5.74) is 7.44. The molecule has 8 N–H and O–H groups in total. The molecule has 4 atom stereocenters. The molecule has 0 spiro atoms. The van der Waals surface area contributed by atoms with Crippen LogP contribution in [0.2, 0.25) is 0 Å². The summed E-state index contributed by atoms with van der Waals surface area (Å²) in [7, 11) is 0. The predicted octanol–water partition coefficient (Wildman–Crippen LogP) is 1.16. The van der Waals surface area contributed by atoms with Crippen LogP contribution in [0, 0.1) is 5.92 Å². The van der Waals surface area contributed by atoms with Gasteiger partial charge in [-0.05, 0) is 66.2 Å². The van der Waals surface area contributed by atoms with E-state index in [4.69, 9.17) is 5.73 Å². The fraction of sp³-hybridized carbons (Fsp3) is 0.429. The topological polar surface area (TPSA) is 191 Å². The number of hydrogen-bond acceptors (Lipinski definition) is 8. The number of amides is 3. The molecule has 0 saturated heterocycles. The molecule has 11 nitrogen and oxygen atoms in total. The molecule has 2 rings (SSSR count). The predicted molar refractivity (Wildman–Crippen MR) is 153 cm³/mol. The highest BCUT2D eigenvalue weighted by Crippen LogP contribution is 2.14. The van der Waals surface area contributed by atoms with Crippen molar-refractivity contribution in [1.82, 2.24) is 16.0 Å². The van der Waals surface area contributed by atoms with Gasteiger partial charge in [-0.2, -0.15) is 11.8 Å². The van der Waals surface area contributed by atoms with Gasteiger partial charge in [0.2, 0.25) is 17.7 Å². The van der Waals surface area contributed by atoms with Crippen molar-refractivity contribution in [2.24, 2.45) is 11.7 Å². The van der Waals surface area contributed by atoms with Gasteiger partial charge in [0.1, 0.15) is 29.6 Å². The molecule has 2 aromatic rings. The average molecular weight is 575 g/mol. The summed E-state index contributed by atoms with van der Waals surface area (Å²) in [5, 5.41) is 36.4. The van der Waals surface area contributed by atoms with Crippen molar-refractivity contribution in [1.29, 1.82) is 0 Å². The van der Waals surface area contributed by atoms with Gasteiger partial charge in [0.25, 0.3) is 0 Å². The Kier molecular flexibility index (Phi) is 12.8. The minimum atomic E-state index is -1.20. The van der Waals surface area contributed by atoms with Crippen LogP contribution in [0.1, 0.15) is 31.4 Å². The van der Waals surface area contributed by atoms with E-state index in [0.29, 0.717) is 11.3 Å². The third-order valence-corrected chi connectivity index (χ3v) is 6.86. The molecule has 12 heteroatoms. The minimum Gasteiger partial charge on any atom is -0.508 e. The molecule has 0 saturated carbocycles. The maximum absolute atomic E-state index is 13.4. The molecule has 40 heavy (non-hydrogen) atoms. The maximum atomic E-state index is 13.4. The summed E-state index contributed by atoms with van der Waals surface area (Å²) in [4.78, 5) is 51.1. The van der Waals surface area contributed by atoms with Crippen LogP contribution in [0.5, 0.6) is 11.5 Å². The molecular formula is C28H38N4O7S. The van der Waals surface area contributed by atoms with Crippen LogP contribution >= 0.6 is 11.8 Å². The molecule has 0 aliphatic rings. The minimum absolute atomic E-state index is 0.0197. The molecule has 0 aromatic heterocycles. The Labute approximate surface area is 237 Å². The number of phenolic OH excluding ortho intramolecular Hbond substituents is 2. The Bertz CT molecular complexity index is 1140. The Hall–Kier alpha value is -3.77. The van der Waals surface area contributed by atoms with Gasteiger partial charge in [-0.15, -0.1) is 0 Å². The van der Waals surface area contributed by atoms with Crippen molar-refractivity contribution < 1.29 is 34.5 Å². The van der Waals surface area contributed by atoms with E-state index < -0.39 is 53.8 Å². The molecule has 4 unspecified atom stereocenters. The lowest BCUT2D eigenvalue weighted by atomic mass is 10.0. The number of thioether (sulfide) groups is 1. The molecule has 0 radical (unpaired) electrons. The smallest absolute Gasteiger partial charge is 0.326 e. The van der Waals surface area contributed by atoms with Gasteiger partial charge in [-0.3, -0.25) is 14.4 Å². The van der Waals surface area contributed by atoms with E-state index in [1.165, 1.54) is 36.0 Å². The number of phenols is 2. The summed E-state index contributed by atoms with van der Waals surface area (Å²) in [5.74, 6) is -2.82. The van der Waals surface area contributed by atoms with E-state index in [0.717, 1.165) is 5.56 Å². The molecular weight excluding hydrogens is 536 g/mol. The third kappa shape index (κ3) is 10.4. The number of aliphatic carboxylic acids is 1. The van der Waals surface area contributed by atoms with Gasteiger partial charge in [0.15, 0.2) is 0 Å². The second kappa shape index (κ2) is 15.7. The van der Waals surface area contributed by atoms with Gasteiger partial charge in [-0.1, -0.05) is 38.1 Å². The quantitative estimate of drug-likeness (QED) is 0.164. The van der Waals surface area contributed by atoms with E-state index >= 15 is 0 Å². The number of carboxylic acid groups (broad SMARTS) is 1. The summed E-state index contributed by atoms with van der Waals surface area (Å²) < 4.78 is 0. The van der Waals surface area contributed by atoms with Gasteiger partial charge in [-0.25, -0.2) is 4.79 Å². The summed E-state index contributed by atoms with van der Waals surface area (Å²) in [6.45, 7) is 3.31. The zero-order chi connectivity index (χ0) is 29.8. The normalized spacial score (nSPS) is 14.0. The highest BCUT2D eigenvalue weighted by Gasteiger charge is 2.31. The summed E-state index contributed by atoms with van der Waals surface area (Å²) in [6.07, 6.45) is 2.32. The Morgan fingerprint density at radius 3 is 1.73 bits per heavy atom. The molecule has 0 heterocycles. The molecule has 3 amide bonds. The number of benzene rings is 2. The van der Waals surface area contributed by atoms with Gasteiger partial charge >= 0.3 is 5.97 Å². The van der Waals surface area contributed by atoms with Crippen molar-refractivity contribution in [3.63, 3.8) is 0 Å². The first kappa shape index (κ1) is 32.4. The fourth-order valence-electron chi connectivity index (χ4n) is 3.88. The van der Waals surface area contributed by atoms with E-state index in [1.807, 2.05) is 6.26 Å². The number of carbonyl (C=O) groups is 4. The van der Waals surface area contributed by atoms with Crippen LogP contribution in [0.25, 0.3) is 0 Å². The lowest BCUT2D eigenvalue weighted by Gasteiger charge is -2.26. The SMILES string of the molecule is CSCCC(NC(=O)C(N)Cc1ccc(O)cc1)C(=O)NC(Cc1ccc(O)cc1)C(=O)NC(C(=O)O)C(C)C. The van der Waals surface area contributed by atoms with E-state index in [2.05, 4.69) is 16.0 Å². The summed E-state index contributed by atoms with van der Waals surface area (Å²) in [6, 6.07) is 8.05. The zero-order valence-electron chi connectivity index (χ0n) is 22.8. The molecule has 0 aliphatic heterocycles. The highest BCUT2D eigenvalue weighted by atomic mass is 32.2. The Balaban J connectivity index is 2.20. The standard InChI is InChI=1S/C28H38N4O7S/c1-16(2)24(28(38)39)32-27(37)23(15-18-6-10-20(34)11-7-18)31-26(36)22(12-13-40-3)30-25(35)21(29)14-17-4-8-19(33)9-5-17/h4-11,16,21-24,33-34H,12-15,29H2,1-3H3,(H,30,35)(H,31,36)(H,32,37)(H,38,39). The second-order valence-electron chi connectivity index (χ2n) is 9.82. The second-order valence-corrected chi connectivity index (χ2v) is 10.8. The summed E-state index contributed by atoms with van der Waals surface area (Å²) >= 11 is 1.48. The van der Waals surface area contributed by atoms with E-state index in [1.54, 1.807) is 38.1 Å². The van der Waals surface area contributed by atoms with Crippen molar-refractivity contribution in [3.05, 3.63) is 59.7 Å². The number of carboxylic acids is 1. The number of hydrogen-bond donors (Lipinski definition) is 7. The van der Waals surface area contributed by atoms with E-state index in [-0.39, 0.29) is 30.8 Å². The molecule has 2 aromatic carbocycles. The van der Waals surface area contributed by atoms with Crippen molar-refractivity contribution in [2.45, 2.75) is 57.3 Å². The van der Waals surface area contributed by atoms with Gasteiger partial charge in [0.05, 0.1) is 6.04 Å². The first-order chi connectivity index (χ1) is 18.9. The molecule has 218 valence electrons. The van der Waals surface area contributed by atoms with Crippen LogP contribution in [0.15, 0.2) is 48.5 Å². The third-order valence-electron chi connectivity index (χ3n) is 6.21. The van der Waals surface area contributed by atoms with Gasteiger partial charge < -0.3 is 37.0 Å². The van der Waals surface area contributed by atoms with Gasteiger partial charge in [0, 0.05) is 6.42 Å². The largest absolute Gasteiger partial charge is 0.508 e. The van der Waals surface area contributed by atoms with Crippen molar-refractivity contribution in [2.75, 3.05) is 12.0 Å². The average Bonchev–Trinajstić information content (AvgIpc) is 2.90. The van der Waals surface area contributed by atoms with Crippen molar-refractivity contribution >= 4 is 35.5 Å². The molecule has 0 bridgehead atoms. The first-order valence-corrected chi connectivity index (χ1v) is 14.2. The van der Waals surface area contributed by atoms with E-state index in [9.17, 15) is 34.5 Å². The Morgan fingerprint density at radius 2 is 1.25 bits per heavy atom. The Morgan fingerprint density at radius 1 is 0.775 bits per heavy atom.